The van der Waals surface area contributed by atoms with E-state index in [9.17, 15) is 0 Å². The fourth-order valence-electron chi connectivity index (χ4n) is 1.80. The van der Waals surface area contributed by atoms with E-state index in [0.29, 0.717) is 19.8 Å². The third-order valence-corrected chi connectivity index (χ3v) is 2.80. The van der Waals surface area contributed by atoms with Crippen LogP contribution in [0.15, 0.2) is 47.1 Å². The predicted molar refractivity (Wildman–Crippen MR) is 77.7 cm³/mol. The van der Waals surface area contributed by atoms with Crippen LogP contribution in [0.5, 0.6) is 5.75 Å². The lowest BCUT2D eigenvalue weighted by Crippen LogP contribution is -2.12. The summed E-state index contributed by atoms with van der Waals surface area (Å²) in [6.07, 6.45) is 1.64. The summed E-state index contributed by atoms with van der Waals surface area (Å²) in [6.45, 7) is 5.48. The molecule has 0 fully saturated rings. The van der Waals surface area contributed by atoms with Crippen molar-refractivity contribution in [3.63, 3.8) is 0 Å². The number of ether oxygens (including phenoxy) is 2. The Hall–Kier alpha value is -1.78. The minimum Gasteiger partial charge on any atom is -0.491 e. The highest BCUT2D eigenvalue weighted by Gasteiger charge is 1.98. The van der Waals surface area contributed by atoms with Gasteiger partial charge in [0.1, 0.15) is 24.7 Å². The topological polar surface area (TPSA) is 43.6 Å². The highest BCUT2D eigenvalue weighted by Crippen LogP contribution is 2.13. The second-order valence-corrected chi connectivity index (χ2v) is 4.41. The summed E-state index contributed by atoms with van der Waals surface area (Å²) in [5, 5.41) is 3.29. The lowest BCUT2D eigenvalue weighted by atomic mass is 10.2. The molecule has 0 unspecified atom stereocenters. The molecule has 1 heterocycles. The number of hydrogen-bond acceptors (Lipinski definition) is 4. The van der Waals surface area contributed by atoms with Crippen LogP contribution in [-0.2, 0) is 17.9 Å². The van der Waals surface area contributed by atoms with Crippen molar-refractivity contribution in [3.8, 4) is 5.75 Å². The summed E-state index contributed by atoms with van der Waals surface area (Å²) in [6, 6.07) is 11.8. The first-order valence-electron chi connectivity index (χ1n) is 6.91. The molecule has 20 heavy (non-hydrogen) atoms. The molecule has 0 aliphatic heterocycles. The van der Waals surface area contributed by atoms with Gasteiger partial charge in [-0.3, -0.25) is 0 Å². The highest BCUT2D eigenvalue weighted by atomic mass is 16.5. The van der Waals surface area contributed by atoms with Crippen LogP contribution in [-0.4, -0.2) is 19.8 Å². The molecule has 2 aromatic rings. The van der Waals surface area contributed by atoms with Gasteiger partial charge in [-0.15, -0.1) is 0 Å². The molecule has 0 atom stereocenters. The van der Waals surface area contributed by atoms with Crippen molar-refractivity contribution >= 4 is 0 Å². The lowest BCUT2D eigenvalue weighted by molar-refractivity contribution is 0.0781. The maximum Gasteiger partial charge on any atom is 0.129 e. The lowest BCUT2D eigenvalue weighted by Gasteiger charge is -2.08. The van der Waals surface area contributed by atoms with Gasteiger partial charge in [-0.25, -0.2) is 0 Å². The van der Waals surface area contributed by atoms with Crippen LogP contribution in [0.25, 0.3) is 0 Å². The Kier molecular flexibility index (Phi) is 6.14. The van der Waals surface area contributed by atoms with Crippen LogP contribution in [0, 0.1) is 0 Å². The zero-order valence-electron chi connectivity index (χ0n) is 11.8. The Morgan fingerprint density at radius 2 is 2.10 bits per heavy atom. The number of nitrogens with one attached hydrogen (secondary N) is 1. The molecule has 0 aliphatic carbocycles. The van der Waals surface area contributed by atoms with Crippen molar-refractivity contribution in [2.75, 3.05) is 19.8 Å². The summed E-state index contributed by atoms with van der Waals surface area (Å²) >= 11 is 0. The Bertz CT molecular complexity index is 482. The molecule has 108 valence electrons. The fraction of sp³-hybridized carbons (Fsp3) is 0.375. The largest absolute Gasteiger partial charge is 0.491 e. The van der Waals surface area contributed by atoms with Crippen molar-refractivity contribution in [1.82, 2.24) is 5.32 Å². The van der Waals surface area contributed by atoms with E-state index in [0.717, 1.165) is 24.6 Å². The third kappa shape index (κ3) is 5.07. The monoisotopic (exact) mass is 275 g/mol. The van der Waals surface area contributed by atoms with Crippen molar-refractivity contribution in [2.24, 2.45) is 0 Å². The Labute approximate surface area is 119 Å². The molecule has 0 saturated carbocycles. The van der Waals surface area contributed by atoms with E-state index in [1.165, 1.54) is 5.56 Å². The fourth-order valence-corrected chi connectivity index (χ4v) is 1.80. The van der Waals surface area contributed by atoms with Gasteiger partial charge in [-0.2, -0.15) is 0 Å². The Morgan fingerprint density at radius 1 is 1.15 bits per heavy atom. The molecular formula is C16H21NO3. The molecule has 0 aliphatic rings. The molecule has 0 bridgehead atoms. The van der Waals surface area contributed by atoms with Crippen molar-refractivity contribution < 1.29 is 13.9 Å². The summed E-state index contributed by atoms with van der Waals surface area (Å²) < 4.78 is 16.3. The Balaban J connectivity index is 1.65. The Morgan fingerprint density at radius 3 is 2.90 bits per heavy atom. The molecular weight excluding hydrogens is 254 g/mol. The van der Waals surface area contributed by atoms with Crippen molar-refractivity contribution in [1.29, 1.82) is 0 Å². The number of furan rings is 1. The van der Waals surface area contributed by atoms with E-state index in [1.54, 1.807) is 6.26 Å². The molecule has 1 N–H and O–H groups in total. The second kappa shape index (κ2) is 8.40. The van der Waals surface area contributed by atoms with E-state index in [-0.39, 0.29) is 0 Å². The van der Waals surface area contributed by atoms with Crippen LogP contribution < -0.4 is 10.1 Å². The number of benzene rings is 1. The molecule has 0 radical (unpaired) electrons. The molecule has 0 spiro atoms. The van der Waals surface area contributed by atoms with Gasteiger partial charge < -0.3 is 19.2 Å². The minimum absolute atomic E-state index is 0.483. The maximum absolute atomic E-state index is 5.66. The van der Waals surface area contributed by atoms with Crippen LogP contribution in [0.2, 0.25) is 0 Å². The average molecular weight is 275 g/mol. The first-order valence-corrected chi connectivity index (χ1v) is 6.91. The summed E-state index contributed by atoms with van der Waals surface area (Å²) in [4.78, 5) is 0. The van der Waals surface area contributed by atoms with E-state index in [1.807, 2.05) is 24.3 Å². The van der Waals surface area contributed by atoms with E-state index < -0.39 is 0 Å². The van der Waals surface area contributed by atoms with Gasteiger partial charge in [-0.1, -0.05) is 19.1 Å². The second-order valence-electron chi connectivity index (χ2n) is 4.41. The zero-order chi connectivity index (χ0) is 14.0. The zero-order valence-corrected chi connectivity index (χ0v) is 11.8. The van der Waals surface area contributed by atoms with Crippen molar-refractivity contribution in [3.05, 3.63) is 54.0 Å². The SMILES string of the molecule is CCNCc1cccc(OCCOCc2ccco2)c1. The van der Waals surface area contributed by atoms with Gasteiger partial charge in [0.05, 0.1) is 12.9 Å². The van der Waals surface area contributed by atoms with Gasteiger partial charge in [0.15, 0.2) is 0 Å². The first-order chi connectivity index (χ1) is 9.88. The van der Waals surface area contributed by atoms with Gasteiger partial charge in [0.25, 0.3) is 0 Å². The van der Waals surface area contributed by atoms with Crippen LogP contribution in [0.1, 0.15) is 18.2 Å². The standard InChI is InChI=1S/C16H21NO3/c1-2-17-12-14-5-3-6-15(11-14)20-10-9-18-13-16-7-4-8-19-16/h3-8,11,17H,2,9-10,12-13H2,1H3. The van der Waals surface area contributed by atoms with Crippen molar-refractivity contribution in [2.45, 2.75) is 20.1 Å². The number of rotatable bonds is 9. The normalized spacial score (nSPS) is 10.7. The average Bonchev–Trinajstić information content (AvgIpc) is 2.98. The molecule has 4 heteroatoms. The number of hydrogen-bond donors (Lipinski definition) is 1. The first kappa shape index (κ1) is 14.6. The maximum atomic E-state index is 5.66. The summed E-state index contributed by atoms with van der Waals surface area (Å²) in [5.74, 6) is 1.71. The minimum atomic E-state index is 0.483. The van der Waals surface area contributed by atoms with Gasteiger partial charge >= 0.3 is 0 Å². The summed E-state index contributed by atoms with van der Waals surface area (Å²) in [5.41, 5.74) is 1.22. The quantitative estimate of drug-likeness (QED) is 0.714. The molecule has 1 aromatic carbocycles. The van der Waals surface area contributed by atoms with E-state index in [4.69, 9.17) is 13.9 Å². The molecule has 0 amide bonds. The van der Waals surface area contributed by atoms with Crippen LogP contribution >= 0.6 is 0 Å². The smallest absolute Gasteiger partial charge is 0.129 e. The molecule has 4 nitrogen and oxygen atoms in total. The van der Waals surface area contributed by atoms with Crippen LogP contribution in [0.4, 0.5) is 0 Å². The summed E-state index contributed by atoms with van der Waals surface area (Å²) in [7, 11) is 0. The third-order valence-electron chi connectivity index (χ3n) is 2.80. The molecule has 1 aromatic heterocycles. The molecule has 0 saturated heterocycles. The van der Waals surface area contributed by atoms with E-state index in [2.05, 4.69) is 24.4 Å². The van der Waals surface area contributed by atoms with E-state index >= 15 is 0 Å². The molecule has 2 rings (SSSR count). The van der Waals surface area contributed by atoms with Gasteiger partial charge in [-0.05, 0) is 36.4 Å². The van der Waals surface area contributed by atoms with Crippen LogP contribution in [0.3, 0.4) is 0 Å². The predicted octanol–water partition coefficient (Wildman–Crippen LogP) is 2.98. The van der Waals surface area contributed by atoms with Gasteiger partial charge in [0.2, 0.25) is 0 Å². The highest BCUT2D eigenvalue weighted by molar-refractivity contribution is 5.28. The van der Waals surface area contributed by atoms with Gasteiger partial charge in [0, 0.05) is 6.54 Å².